The number of ketones is 1. The Morgan fingerprint density at radius 2 is 1.53 bits per heavy atom. The monoisotopic (exact) mass is 632 g/mol. The van der Waals surface area contributed by atoms with Gasteiger partial charge in [0.2, 0.25) is 17.6 Å². The van der Waals surface area contributed by atoms with Crippen molar-refractivity contribution in [3.63, 3.8) is 0 Å². The Bertz CT molecular complexity index is 1660. The standard InChI is InChI=1S/C31H26F6N4O4/c1-16(42)18-5-7-20(8-6-18)38-31(45)40-12-10-24(43)41-22(14-21-25(33)27(35)29(37)28(36)26(21)34)30(44)39(15-23(40)41)11-9-17-3-2-4-19(32)13-17/h2-8,13,22-23H,9-12,14-15H2,1H3,(H,38,45)/t22-,23+/m0/s1. The zero-order valence-corrected chi connectivity index (χ0v) is 23.8. The highest BCUT2D eigenvalue weighted by Crippen LogP contribution is 2.31. The maximum Gasteiger partial charge on any atom is 0.323 e. The number of halogens is 6. The van der Waals surface area contributed by atoms with E-state index in [4.69, 9.17) is 0 Å². The summed E-state index contributed by atoms with van der Waals surface area (Å²) in [6.07, 6.45) is -2.42. The number of hydrogen-bond donors (Lipinski definition) is 1. The molecule has 3 aromatic carbocycles. The van der Waals surface area contributed by atoms with E-state index in [9.17, 15) is 45.5 Å². The molecular formula is C31H26F6N4O4. The summed E-state index contributed by atoms with van der Waals surface area (Å²) in [7, 11) is 0. The van der Waals surface area contributed by atoms with Crippen molar-refractivity contribution >= 4 is 29.3 Å². The maximum absolute atomic E-state index is 14.8. The molecule has 236 valence electrons. The quantitative estimate of drug-likeness (QED) is 0.175. The van der Waals surface area contributed by atoms with Gasteiger partial charge in [-0.3, -0.25) is 14.4 Å². The van der Waals surface area contributed by atoms with Crippen LogP contribution in [0.1, 0.15) is 34.8 Å². The van der Waals surface area contributed by atoms with Gasteiger partial charge in [-0.05, 0) is 55.3 Å². The van der Waals surface area contributed by atoms with Gasteiger partial charge in [0.1, 0.15) is 18.0 Å². The summed E-state index contributed by atoms with van der Waals surface area (Å²) in [6.45, 7) is 0.944. The van der Waals surface area contributed by atoms with E-state index >= 15 is 0 Å². The molecule has 0 radical (unpaired) electrons. The molecule has 0 spiro atoms. The van der Waals surface area contributed by atoms with Crippen molar-refractivity contribution in [1.82, 2.24) is 14.7 Å². The zero-order chi connectivity index (χ0) is 32.6. The molecule has 2 aliphatic heterocycles. The van der Waals surface area contributed by atoms with E-state index < -0.39 is 76.9 Å². The van der Waals surface area contributed by atoms with Crippen molar-refractivity contribution in [3.8, 4) is 0 Å². The van der Waals surface area contributed by atoms with E-state index in [1.807, 2.05) is 0 Å². The number of nitrogens with zero attached hydrogens (tertiary/aromatic N) is 3. The van der Waals surface area contributed by atoms with Gasteiger partial charge in [0.15, 0.2) is 29.1 Å². The fourth-order valence-corrected chi connectivity index (χ4v) is 5.58. The summed E-state index contributed by atoms with van der Waals surface area (Å²) in [6, 6.07) is 9.08. The predicted octanol–water partition coefficient (Wildman–Crippen LogP) is 4.81. The van der Waals surface area contributed by atoms with Gasteiger partial charge in [-0.1, -0.05) is 12.1 Å². The molecule has 45 heavy (non-hydrogen) atoms. The molecule has 8 nitrogen and oxygen atoms in total. The predicted molar refractivity (Wildman–Crippen MR) is 148 cm³/mol. The minimum Gasteiger partial charge on any atom is -0.337 e. The van der Waals surface area contributed by atoms with E-state index in [0.29, 0.717) is 16.8 Å². The van der Waals surface area contributed by atoms with Crippen molar-refractivity contribution < 1.29 is 45.5 Å². The van der Waals surface area contributed by atoms with Gasteiger partial charge < -0.3 is 20.0 Å². The van der Waals surface area contributed by atoms with Crippen LogP contribution < -0.4 is 5.32 Å². The normalized spacial score (nSPS) is 18.2. The molecule has 0 bridgehead atoms. The molecule has 2 aliphatic rings. The van der Waals surface area contributed by atoms with E-state index in [1.165, 1.54) is 59.2 Å². The molecule has 2 atom stereocenters. The van der Waals surface area contributed by atoms with Gasteiger partial charge in [0.05, 0.1) is 6.54 Å². The molecular weight excluding hydrogens is 606 g/mol. The minimum atomic E-state index is -2.37. The number of piperazine rings is 1. The smallest absolute Gasteiger partial charge is 0.323 e. The van der Waals surface area contributed by atoms with E-state index in [-0.39, 0.29) is 38.3 Å². The Kier molecular flexibility index (Phi) is 8.84. The molecule has 5 rings (SSSR count). The lowest BCUT2D eigenvalue weighted by Gasteiger charge is -2.52. The first-order chi connectivity index (χ1) is 21.4. The van der Waals surface area contributed by atoms with Crippen molar-refractivity contribution in [2.75, 3.05) is 25.0 Å². The average molecular weight is 633 g/mol. The second kappa shape index (κ2) is 12.6. The lowest BCUT2D eigenvalue weighted by atomic mass is 9.96. The molecule has 0 aliphatic carbocycles. The summed E-state index contributed by atoms with van der Waals surface area (Å²) in [5.41, 5.74) is -0.0695. The third-order valence-corrected chi connectivity index (χ3v) is 7.91. The Morgan fingerprint density at radius 1 is 0.889 bits per heavy atom. The second-order valence-corrected chi connectivity index (χ2v) is 10.7. The lowest BCUT2D eigenvalue weighted by Crippen LogP contribution is -2.72. The molecule has 2 fully saturated rings. The second-order valence-electron chi connectivity index (χ2n) is 10.7. The Labute approximate surface area is 253 Å². The summed E-state index contributed by atoms with van der Waals surface area (Å²) in [4.78, 5) is 55.4. The third-order valence-electron chi connectivity index (χ3n) is 7.91. The van der Waals surface area contributed by atoms with Crippen LogP contribution in [-0.4, -0.2) is 70.2 Å². The molecule has 4 amide bonds. The van der Waals surface area contributed by atoms with Crippen molar-refractivity contribution in [1.29, 1.82) is 0 Å². The zero-order valence-electron chi connectivity index (χ0n) is 23.8. The molecule has 2 saturated heterocycles. The van der Waals surface area contributed by atoms with E-state index in [0.717, 1.165) is 4.90 Å². The maximum atomic E-state index is 14.8. The number of anilines is 1. The van der Waals surface area contributed by atoms with Crippen LogP contribution in [0.25, 0.3) is 0 Å². The highest BCUT2D eigenvalue weighted by Gasteiger charge is 2.49. The summed E-state index contributed by atoms with van der Waals surface area (Å²) in [5.74, 6) is -13.3. The Morgan fingerprint density at radius 3 is 2.16 bits per heavy atom. The molecule has 2 heterocycles. The molecule has 0 aromatic heterocycles. The number of rotatable bonds is 7. The summed E-state index contributed by atoms with van der Waals surface area (Å²) >= 11 is 0. The van der Waals surface area contributed by atoms with Gasteiger partial charge in [-0.25, -0.2) is 31.1 Å². The first kappa shape index (κ1) is 31.5. The number of nitrogens with one attached hydrogen (secondary N) is 1. The number of Topliss-reactive ketones (excluding diaryl/α,β-unsaturated/α-hetero) is 1. The van der Waals surface area contributed by atoms with Crippen LogP contribution >= 0.6 is 0 Å². The molecule has 14 heteroatoms. The largest absolute Gasteiger partial charge is 0.337 e. The number of hydrogen-bond acceptors (Lipinski definition) is 4. The Hall–Kier alpha value is -4.88. The van der Waals surface area contributed by atoms with Crippen LogP contribution in [-0.2, 0) is 22.4 Å². The molecule has 3 aromatic rings. The van der Waals surface area contributed by atoms with Crippen LogP contribution in [0.4, 0.5) is 36.8 Å². The average Bonchev–Trinajstić information content (AvgIpc) is 3.01. The SMILES string of the molecule is CC(=O)c1ccc(NC(=O)N2CCC(=O)N3[C@@H]2CN(CCc2cccc(F)c2)C(=O)[C@@H]3Cc2c(F)c(F)c(F)c(F)c2F)cc1. The van der Waals surface area contributed by atoms with Crippen LogP contribution in [0.3, 0.4) is 0 Å². The molecule has 1 N–H and O–H groups in total. The van der Waals surface area contributed by atoms with Gasteiger partial charge in [-0.2, -0.15) is 0 Å². The molecule has 0 unspecified atom stereocenters. The van der Waals surface area contributed by atoms with Gasteiger partial charge in [-0.15, -0.1) is 0 Å². The van der Waals surface area contributed by atoms with Crippen LogP contribution in [0.5, 0.6) is 0 Å². The highest BCUT2D eigenvalue weighted by atomic mass is 19.2. The van der Waals surface area contributed by atoms with Crippen LogP contribution in [0, 0.1) is 34.9 Å². The first-order valence-corrected chi connectivity index (χ1v) is 13.9. The van der Waals surface area contributed by atoms with Gasteiger partial charge in [0, 0.05) is 42.7 Å². The van der Waals surface area contributed by atoms with Gasteiger partial charge in [0.25, 0.3) is 0 Å². The number of carbonyl (C=O) groups excluding carboxylic acids is 4. The fraction of sp³-hybridized carbons (Fsp3) is 0.290. The third kappa shape index (κ3) is 6.22. The lowest BCUT2D eigenvalue weighted by molar-refractivity contribution is -0.166. The summed E-state index contributed by atoms with van der Waals surface area (Å²) < 4.78 is 85.2. The first-order valence-electron chi connectivity index (χ1n) is 13.9. The number of carbonyl (C=O) groups is 4. The van der Waals surface area contributed by atoms with Crippen molar-refractivity contribution in [2.45, 2.75) is 38.4 Å². The number of fused-ring (bicyclic) bond motifs is 1. The summed E-state index contributed by atoms with van der Waals surface area (Å²) in [5, 5.41) is 2.65. The molecule has 0 saturated carbocycles. The number of amides is 4. The van der Waals surface area contributed by atoms with Crippen LogP contribution in [0.15, 0.2) is 48.5 Å². The number of urea groups is 1. The van der Waals surface area contributed by atoms with Crippen molar-refractivity contribution in [3.05, 3.63) is 100 Å². The van der Waals surface area contributed by atoms with E-state index in [2.05, 4.69) is 5.32 Å². The Balaban J connectivity index is 1.49. The highest BCUT2D eigenvalue weighted by molar-refractivity contribution is 5.96. The van der Waals surface area contributed by atoms with Crippen LogP contribution in [0.2, 0.25) is 0 Å². The van der Waals surface area contributed by atoms with Gasteiger partial charge >= 0.3 is 6.03 Å². The van der Waals surface area contributed by atoms with E-state index in [1.54, 1.807) is 6.07 Å². The minimum absolute atomic E-state index is 0.0730. The fourth-order valence-electron chi connectivity index (χ4n) is 5.58. The van der Waals surface area contributed by atoms with Crippen molar-refractivity contribution in [2.24, 2.45) is 0 Å². The number of benzene rings is 3. The topological polar surface area (TPSA) is 90.0 Å².